The summed E-state index contributed by atoms with van der Waals surface area (Å²) in [6.45, 7) is 11.3. The summed E-state index contributed by atoms with van der Waals surface area (Å²) in [5, 5.41) is 9.56. The molecule has 4 aromatic rings. The van der Waals surface area contributed by atoms with Crippen LogP contribution in [0.25, 0.3) is 22.8 Å². The van der Waals surface area contributed by atoms with Crippen LogP contribution in [0.5, 0.6) is 0 Å². The Morgan fingerprint density at radius 2 is 1.08 bits per heavy atom. The highest BCUT2D eigenvalue weighted by Gasteiger charge is 2.24. The first-order chi connectivity index (χ1) is 29.0. The zero-order valence-electron chi connectivity index (χ0n) is 37.8. The maximum atomic E-state index is 9.56. The van der Waals surface area contributed by atoms with Crippen molar-refractivity contribution in [2.24, 2.45) is 11.8 Å². The predicted octanol–water partition coefficient (Wildman–Crippen LogP) is 15.6. The number of nitrogens with zero attached hydrogens (tertiary/aromatic N) is 5. The molecule has 0 radical (unpaired) electrons. The van der Waals surface area contributed by atoms with Gasteiger partial charge in [-0.1, -0.05) is 129 Å². The SMILES string of the molecule is CCCCCc1ccc(-c2ncc(C3CCC(CCCCC)CC3)cn2)cc1C#N.CCCCCc1ccc(-c2nccc(C3CCC(CCCCC)CC3)n2)cc1C. The van der Waals surface area contributed by atoms with Gasteiger partial charge in [-0.25, -0.2) is 19.9 Å². The summed E-state index contributed by atoms with van der Waals surface area (Å²) < 4.78 is 0. The Bertz CT molecular complexity index is 1820. The quantitative estimate of drug-likeness (QED) is 0.0833. The van der Waals surface area contributed by atoms with E-state index >= 15 is 0 Å². The lowest BCUT2D eigenvalue weighted by molar-refractivity contribution is 0.300. The van der Waals surface area contributed by atoms with E-state index in [2.05, 4.69) is 92.0 Å². The first-order valence-electron chi connectivity index (χ1n) is 24.2. The second kappa shape index (κ2) is 25.7. The third-order valence-electron chi connectivity index (χ3n) is 13.6. The Labute approximate surface area is 359 Å². The van der Waals surface area contributed by atoms with Crippen LogP contribution in [0.3, 0.4) is 0 Å². The van der Waals surface area contributed by atoms with Crippen LogP contribution < -0.4 is 0 Å². The van der Waals surface area contributed by atoms with Gasteiger partial charge in [-0.15, -0.1) is 0 Å². The molecule has 0 unspecified atom stereocenters. The summed E-state index contributed by atoms with van der Waals surface area (Å²) in [6.07, 6.45) is 37.2. The molecule has 2 aromatic heterocycles. The lowest BCUT2D eigenvalue weighted by atomic mass is 9.77. The molecule has 5 heteroatoms. The molecule has 0 amide bonds. The number of hydrogen-bond acceptors (Lipinski definition) is 5. The normalized spacial score (nSPS) is 19.1. The van der Waals surface area contributed by atoms with Gasteiger partial charge in [-0.05, 0) is 142 Å². The van der Waals surface area contributed by atoms with Crippen LogP contribution in [-0.4, -0.2) is 19.9 Å². The molecule has 0 N–H and O–H groups in total. The molecular formula is C54H77N5. The lowest BCUT2D eigenvalue weighted by Gasteiger charge is -2.28. The largest absolute Gasteiger partial charge is 0.237 e. The Morgan fingerprint density at radius 1 is 0.559 bits per heavy atom. The molecule has 2 aliphatic rings. The monoisotopic (exact) mass is 796 g/mol. The smallest absolute Gasteiger partial charge is 0.159 e. The van der Waals surface area contributed by atoms with Gasteiger partial charge in [0, 0.05) is 41.3 Å². The minimum atomic E-state index is 0.608. The van der Waals surface area contributed by atoms with Gasteiger partial charge in [0.15, 0.2) is 11.6 Å². The number of nitriles is 1. The molecule has 2 heterocycles. The van der Waals surface area contributed by atoms with E-state index in [1.54, 1.807) is 0 Å². The number of aromatic nitrogens is 4. The molecule has 0 bridgehead atoms. The fourth-order valence-corrected chi connectivity index (χ4v) is 9.62. The number of unbranched alkanes of at least 4 members (excludes halogenated alkanes) is 8. The summed E-state index contributed by atoms with van der Waals surface area (Å²) in [5.74, 6) is 4.72. The van der Waals surface area contributed by atoms with E-state index in [-0.39, 0.29) is 0 Å². The molecule has 59 heavy (non-hydrogen) atoms. The van der Waals surface area contributed by atoms with Gasteiger partial charge in [0.25, 0.3) is 0 Å². The van der Waals surface area contributed by atoms with Gasteiger partial charge in [0.1, 0.15) is 0 Å². The summed E-state index contributed by atoms with van der Waals surface area (Å²) in [4.78, 5) is 18.9. The van der Waals surface area contributed by atoms with Crippen molar-refractivity contribution in [3.05, 3.63) is 94.6 Å². The highest BCUT2D eigenvalue weighted by atomic mass is 14.9. The molecule has 318 valence electrons. The number of rotatable bonds is 20. The molecule has 0 spiro atoms. The van der Waals surface area contributed by atoms with Crippen LogP contribution in [0.2, 0.25) is 0 Å². The molecule has 0 atom stereocenters. The van der Waals surface area contributed by atoms with Crippen molar-refractivity contribution in [2.45, 2.75) is 201 Å². The second-order valence-corrected chi connectivity index (χ2v) is 18.1. The molecule has 0 aliphatic heterocycles. The van der Waals surface area contributed by atoms with Gasteiger partial charge in [0.05, 0.1) is 11.6 Å². The Kier molecular flexibility index (Phi) is 20.1. The summed E-state index contributed by atoms with van der Waals surface area (Å²) >= 11 is 0. The topological polar surface area (TPSA) is 75.3 Å². The van der Waals surface area contributed by atoms with Crippen LogP contribution in [0.15, 0.2) is 61.1 Å². The first kappa shape index (κ1) is 46.2. The van der Waals surface area contributed by atoms with Gasteiger partial charge in [0.2, 0.25) is 0 Å². The fraction of sp³-hybridized carbons (Fsp3) is 0.611. The lowest BCUT2D eigenvalue weighted by Crippen LogP contribution is -2.14. The van der Waals surface area contributed by atoms with E-state index in [4.69, 9.17) is 4.98 Å². The maximum Gasteiger partial charge on any atom is 0.159 e. The minimum absolute atomic E-state index is 0.608. The van der Waals surface area contributed by atoms with E-state index in [1.165, 1.54) is 164 Å². The highest BCUT2D eigenvalue weighted by molar-refractivity contribution is 5.60. The molecule has 2 aliphatic carbocycles. The summed E-state index contributed by atoms with van der Waals surface area (Å²) in [6, 6.07) is 17.4. The van der Waals surface area contributed by atoms with Crippen molar-refractivity contribution < 1.29 is 0 Å². The minimum Gasteiger partial charge on any atom is -0.237 e. The maximum absolute atomic E-state index is 9.56. The van der Waals surface area contributed by atoms with Gasteiger partial charge >= 0.3 is 0 Å². The summed E-state index contributed by atoms with van der Waals surface area (Å²) in [5.41, 5.74) is 9.39. The molecular weight excluding hydrogens is 719 g/mol. The van der Waals surface area contributed by atoms with Crippen molar-refractivity contribution in [3.8, 4) is 28.8 Å². The standard InChI is InChI=1S/C27H37N3.C27H40N2/c1-3-5-7-9-21-11-13-23(14-12-21)26-19-29-27(30-20-26)24-16-15-22(10-8-6-4-2)25(17-24)18-28;1-4-6-8-10-22-12-14-24(15-13-22)26-18-19-28-27(29-26)25-17-16-23(21(3)20-25)11-9-7-5-2/h15-17,19-21,23H,3-14H2,1-2H3;16-20,22,24H,4-15H2,1-3H3. The Hall–Kier alpha value is -3.91. The van der Waals surface area contributed by atoms with Crippen molar-refractivity contribution >= 4 is 0 Å². The van der Waals surface area contributed by atoms with Gasteiger partial charge in [-0.3, -0.25) is 0 Å². The van der Waals surface area contributed by atoms with Crippen LogP contribution in [0.4, 0.5) is 0 Å². The van der Waals surface area contributed by atoms with E-state index in [0.29, 0.717) is 11.8 Å². The van der Waals surface area contributed by atoms with E-state index in [1.807, 2.05) is 24.7 Å². The van der Waals surface area contributed by atoms with Gasteiger partial charge < -0.3 is 0 Å². The van der Waals surface area contributed by atoms with Crippen LogP contribution in [0.1, 0.15) is 214 Å². The van der Waals surface area contributed by atoms with Crippen molar-refractivity contribution in [3.63, 3.8) is 0 Å². The molecule has 2 fully saturated rings. The van der Waals surface area contributed by atoms with E-state index in [9.17, 15) is 5.26 Å². The van der Waals surface area contributed by atoms with Crippen LogP contribution >= 0.6 is 0 Å². The van der Waals surface area contributed by atoms with Crippen LogP contribution in [0, 0.1) is 30.1 Å². The van der Waals surface area contributed by atoms with Crippen molar-refractivity contribution in [2.75, 3.05) is 0 Å². The zero-order valence-corrected chi connectivity index (χ0v) is 37.8. The van der Waals surface area contributed by atoms with Gasteiger partial charge in [-0.2, -0.15) is 5.26 Å². The van der Waals surface area contributed by atoms with Crippen LogP contribution in [-0.2, 0) is 12.8 Å². The predicted molar refractivity (Wildman–Crippen MR) is 249 cm³/mol. The molecule has 2 saturated carbocycles. The van der Waals surface area contributed by atoms with Crippen molar-refractivity contribution in [1.82, 2.24) is 19.9 Å². The third kappa shape index (κ3) is 14.7. The summed E-state index contributed by atoms with van der Waals surface area (Å²) in [7, 11) is 0. The average Bonchev–Trinajstić information content (AvgIpc) is 3.28. The molecule has 0 saturated heterocycles. The highest BCUT2D eigenvalue weighted by Crippen LogP contribution is 2.39. The number of aryl methyl sites for hydroxylation is 3. The average molecular weight is 796 g/mol. The Morgan fingerprint density at radius 3 is 1.64 bits per heavy atom. The second-order valence-electron chi connectivity index (χ2n) is 18.1. The molecule has 5 nitrogen and oxygen atoms in total. The fourth-order valence-electron chi connectivity index (χ4n) is 9.62. The Balaban J connectivity index is 0.000000224. The van der Waals surface area contributed by atoms with E-state index in [0.717, 1.165) is 58.6 Å². The third-order valence-corrected chi connectivity index (χ3v) is 13.6. The first-order valence-corrected chi connectivity index (χ1v) is 24.2. The zero-order chi connectivity index (χ0) is 41.7. The number of benzene rings is 2. The van der Waals surface area contributed by atoms with E-state index < -0.39 is 0 Å². The van der Waals surface area contributed by atoms with Crippen molar-refractivity contribution in [1.29, 1.82) is 5.26 Å². The number of hydrogen-bond donors (Lipinski definition) is 0. The molecule has 2 aromatic carbocycles. The molecule has 6 rings (SSSR count).